The maximum Gasteiger partial charge on any atom is 0.417 e. The van der Waals surface area contributed by atoms with Crippen LogP contribution in [0.1, 0.15) is 184 Å². The number of alkyl halides is 3. The summed E-state index contributed by atoms with van der Waals surface area (Å²) < 4.78 is 94.2. The largest absolute Gasteiger partial charge is 0.417 e. The third-order valence-corrected chi connectivity index (χ3v) is 25.2. The highest BCUT2D eigenvalue weighted by molar-refractivity contribution is 6.35. The van der Waals surface area contributed by atoms with Gasteiger partial charge < -0.3 is 24.5 Å². The van der Waals surface area contributed by atoms with E-state index in [9.17, 15) is 54.7 Å². The Bertz CT molecular complexity index is 6860. The number of aryl methyl sites for hydroxylation is 5. The molecule has 40 heteroatoms. The normalized spacial score (nSPS) is 16.4. The Kier molecular flexibility index (Phi) is 28.2. The van der Waals surface area contributed by atoms with Gasteiger partial charge in [0.05, 0.1) is 156 Å². The number of rotatable bonds is 11. The Hall–Kier alpha value is -14.7. The molecule has 702 valence electrons. The molecule has 5 N–H and O–H groups in total. The number of nitrogens with one attached hydrogen (secondary N) is 5. The van der Waals surface area contributed by atoms with Crippen molar-refractivity contribution in [2.75, 3.05) is 0 Å². The Morgan fingerprint density at radius 1 is 0.358 bits per heavy atom. The fraction of sp³-hybridized carbons (Fsp3) is 0.278. The predicted octanol–water partition coefficient (Wildman–Crippen LogP) is 17.6. The molecule has 137 heavy (non-hydrogen) atoms. The molecule has 10 aromatic heterocycles. The van der Waals surface area contributed by atoms with E-state index in [-0.39, 0.29) is 78.3 Å². The standard InChI is InChI=1S/C21H19ClF3N5O.2C19H18ClN5O.2C19H17F2N5O/c1-3-17-27-16-10-30(11(2)9-13(16)19(28-17)15-7-8-26-29-15)20(31)12-5-4-6-14(18(12)22)21(23,24)25;1-11-9-15-17(22-12(2)23-18(15)16-7-8-21-24-16)10-25(11)19(26)13-3-5-14(20)6-4-13;1-11-9-14-17(22-12(2)23-18(14)16-7-8-21-24-16)10-25(11)19(26)13-5-3-4-6-15(13)20;2*1-10-7-14-17(23-11(2)24-18(14)16-5-6-22-25-16)9-26(10)19(27)13-4-3-12(20)8-15(13)21/h4-8,11H,3,9-10H2,1-2H3,(H,26,29);2*3-8,11H,9-10H2,1-2H3,(H,21,24);2*3-6,8,10H,7,9H2,1-2H3,(H,22,25)/t;;;2*10-/m...10/s1. The zero-order chi connectivity index (χ0) is 97.1. The van der Waals surface area contributed by atoms with Gasteiger partial charge >= 0.3 is 6.18 Å². The maximum atomic E-state index is 14.1. The van der Waals surface area contributed by atoms with Gasteiger partial charge in [-0.2, -0.15) is 38.7 Å². The minimum Gasteiger partial charge on any atom is -0.330 e. The van der Waals surface area contributed by atoms with Gasteiger partial charge in [0.25, 0.3) is 29.5 Å². The van der Waals surface area contributed by atoms with Gasteiger partial charge in [0.15, 0.2) is 0 Å². The van der Waals surface area contributed by atoms with Gasteiger partial charge in [-0.05, 0) is 198 Å². The van der Waals surface area contributed by atoms with Crippen LogP contribution in [0.25, 0.3) is 56.9 Å². The number of carbonyl (C=O) groups is 5. The molecule has 0 fully saturated rings. The topological polar surface area (TPSA) is 374 Å². The Balaban J connectivity index is 0.000000124. The monoisotopic (exact) mass is 1920 g/mol. The van der Waals surface area contributed by atoms with Crippen LogP contribution < -0.4 is 0 Å². The summed E-state index contributed by atoms with van der Waals surface area (Å²) in [5.41, 5.74) is 16.5. The Morgan fingerprint density at radius 3 is 0.978 bits per heavy atom. The molecule has 0 saturated carbocycles. The first-order valence-electron chi connectivity index (χ1n) is 43.8. The minimum atomic E-state index is -4.64. The van der Waals surface area contributed by atoms with Crippen LogP contribution in [-0.2, 0) is 77.4 Å². The number of nitrogens with zero attached hydrogens (tertiary/aromatic N) is 20. The van der Waals surface area contributed by atoms with Crippen molar-refractivity contribution in [2.45, 2.75) is 177 Å². The van der Waals surface area contributed by atoms with Crippen LogP contribution in [-0.4, -0.2) is 185 Å². The molecule has 0 saturated heterocycles. The first-order chi connectivity index (χ1) is 65.6. The van der Waals surface area contributed by atoms with Gasteiger partial charge in [-0.3, -0.25) is 49.5 Å². The summed E-state index contributed by atoms with van der Waals surface area (Å²) in [6.07, 6.45) is 7.19. The molecule has 15 aromatic rings. The van der Waals surface area contributed by atoms with Crippen molar-refractivity contribution in [1.29, 1.82) is 0 Å². The molecule has 5 aliphatic heterocycles. The lowest BCUT2D eigenvalue weighted by atomic mass is 9.94. The summed E-state index contributed by atoms with van der Waals surface area (Å²) in [5.74, 6) is -1.65. The SMILES string of the molecule is CCc1nc2c(c(-c3ccn[nH]3)n1)CC(C)N(C(=O)c1cccc(C(F)(F)F)c1Cl)C2.Cc1nc2c(c(-c3ccn[nH]3)n1)CC(C)N(C(=O)c1ccc(Cl)cc1)C2.Cc1nc2c(c(-c3ccn[nH]3)n1)CC(C)N(C(=O)c1ccccc1Cl)C2.Cc1nc2c(c(-c3ccn[nH]3)n1)C[C@@H](C)N(C(=O)c1ccc(F)cc1F)C2.Cc1nc2c(c(-c3ccn[nH]3)n1)C[C@H](C)N(C(=O)c1ccc(F)cc1F)C2. The Morgan fingerprint density at radius 2 is 0.664 bits per heavy atom. The second-order valence-corrected chi connectivity index (χ2v) is 34.9. The highest BCUT2D eigenvalue weighted by Crippen LogP contribution is 2.41. The molecule has 5 aliphatic rings. The molecule has 0 aliphatic carbocycles. The van der Waals surface area contributed by atoms with Gasteiger partial charge in [-0.15, -0.1) is 0 Å². The molecule has 5 amide bonds. The van der Waals surface area contributed by atoms with Crippen molar-refractivity contribution in [2.24, 2.45) is 0 Å². The van der Waals surface area contributed by atoms with Crippen LogP contribution in [0.15, 0.2) is 164 Å². The molecule has 3 unspecified atom stereocenters. The maximum absolute atomic E-state index is 14.1. The number of halogens is 10. The lowest BCUT2D eigenvalue weighted by Crippen LogP contribution is -2.43. The smallest absolute Gasteiger partial charge is 0.330 e. The van der Waals surface area contributed by atoms with E-state index >= 15 is 0 Å². The van der Waals surface area contributed by atoms with Crippen LogP contribution in [0.5, 0.6) is 0 Å². The molecule has 0 radical (unpaired) electrons. The van der Waals surface area contributed by atoms with Gasteiger partial charge in [0, 0.05) is 118 Å². The van der Waals surface area contributed by atoms with Crippen molar-refractivity contribution in [3.8, 4) is 56.9 Å². The second-order valence-electron chi connectivity index (χ2n) is 33.6. The quantitative estimate of drug-likeness (QED) is 0.0751. The summed E-state index contributed by atoms with van der Waals surface area (Å²) in [4.78, 5) is 119. The number of fused-ring (bicyclic) bond motifs is 5. The zero-order valence-electron chi connectivity index (χ0n) is 75.5. The summed E-state index contributed by atoms with van der Waals surface area (Å²) in [6, 6.07) is 32.1. The van der Waals surface area contributed by atoms with Gasteiger partial charge in [0.2, 0.25) is 0 Å². The van der Waals surface area contributed by atoms with Crippen molar-refractivity contribution < 1.29 is 54.7 Å². The van der Waals surface area contributed by atoms with Crippen molar-refractivity contribution in [3.05, 3.63) is 322 Å². The summed E-state index contributed by atoms with van der Waals surface area (Å²) in [7, 11) is 0. The second kappa shape index (κ2) is 40.4. The van der Waals surface area contributed by atoms with Crippen LogP contribution in [0, 0.1) is 51.0 Å². The molecule has 15 heterocycles. The van der Waals surface area contributed by atoms with Gasteiger partial charge in [-0.1, -0.05) is 59.9 Å². The Labute approximate surface area is 795 Å². The summed E-state index contributed by atoms with van der Waals surface area (Å²) >= 11 is 18.1. The average Bonchev–Trinajstić information content (AvgIpc) is 1.64. The van der Waals surface area contributed by atoms with Gasteiger partial charge in [0.1, 0.15) is 52.4 Å². The zero-order valence-corrected chi connectivity index (χ0v) is 77.8. The number of amides is 5. The molecule has 5 aromatic carbocycles. The molecule has 0 spiro atoms. The number of H-pyrrole nitrogens is 5. The van der Waals surface area contributed by atoms with E-state index in [1.807, 2.05) is 108 Å². The third-order valence-electron chi connectivity index (χ3n) is 24.2. The number of hydrogen-bond donors (Lipinski definition) is 5. The number of hydrogen-bond acceptors (Lipinski definition) is 20. The van der Waals surface area contributed by atoms with Crippen molar-refractivity contribution >= 4 is 64.3 Å². The van der Waals surface area contributed by atoms with E-state index in [0.29, 0.717) is 108 Å². The van der Waals surface area contributed by atoms with Crippen molar-refractivity contribution in [3.63, 3.8) is 0 Å². The van der Waals surface area contributed by atoms with Crippen LogP contribution in [0.4, 0.5) is 30.7 Å². The fourth-order valence-electron chi connectivity index (χ4n) is 17.4. The summed E-state index contributed by atoms with van der Waals surface area (Å²) in [5, 5.41) is 35.2. The third kappa shape index (κ3) is 20.6. The number of aromatic amines is 5. The van der Waals surface area contributed by atoms with Gasteiger partial charge in [-0.25, -0.2) is 67.4 Å². The predicted molar refractivity (Wildman–Crippen MR) is 494 cm³/mol. The van der Waals surface area contributed by atoms with E-state index in [1.54, 1.807) is 91.0 Å². The average molecular weight is 1920 g/mol. The van der Waals surface area contributed by atoms with Crippen LogP contribution in [0.2, 0.25) is 15.1 Å². The highest BCUT2D eigenvalue weighted by atomic mass is 35.5. The lowest BCUT2D eigenvalue weighted by molar-refractivity contribution is -0.137. The molecule has 5 atom stereocenters. The van der Waals surface area contributed by atoms with E-state index < -0.39 is 57.8 Å². The first-order valence-corrected chi connectivity index (χ1v) is 44.9. The highest BCUT2D eigenvalue weighted by Gasteiger charge is 2.41. The molecule has 30 nitrogen and oxygen atoms in total. The summed E-state index contributed by atoms with van der Waals surface area (Å²) in [6.45, 7) is 20.4. The number of benzene rings is 5. The number of carbonyl (C=O) groups excluding carboxylic acids is 5. The van der Waals surface area contributed by atoms with E-state index in [4.69, 9.17) is 34.8 Å². The van der Waals surface area contributed by atoms with E-state index in [1.165, 1.54) is 29.2 Å². The molecular formula is C97H89Cl3F7N25O5. The molecular weight excluding hydrogens is 1830 g/mol. The van der Waals surface area contributed by atoms with Crippen LogP contribution >= 0.6 is 34.8 Å². The van der Waals surface area contributed by atoms with E-state index in [2.05, 4.69) is 101 Å². The minimum absolute atomic E-state index is 0.0132. The van der Waals surface area contributed by atoms with E-state index in [0.717, 1.165) is 138 Å². The number of aromatic nitrogens is 20. The van der Waals surface area contributed by atoms with Crippen LogP contribution in [0.3, 0.4) is 0 Å². The lowest BCUT2D eigenvalue weighted by Gasteiger charge is -2.35. The first kappa shape index (κ1) is 95.4. The fourth-order valence-corrected chi connectivity index (χ4v) is 18.0. The molecule has 0 bridgehead atoms. The van der Waals surface area contributed by atoms with Crippen molar-refractivity contribution in [1.82, 2.24) is 125 Å². The molecule has 20 rings (SSSR count).